The minimum Gasteiger partial charge on any atom is -0.385 e. The van der Waals surface area contributed by atoms with Gasteiger partial charge in [0.05, 0.1) is 21.4 Å². The number of thiophene rings is 1. The first-order valence-electron chi connectivity index (χ1n) is 9.61. The number of pyridine rings is 1. The fourth-order valence-electron chi connectivity index (χ4n) is 3.90. The van der Waals surface area contributed by atoms with Crippen molar-refractivity contribution in [2.45, 2.75) is 12.5 Å². The number of ether oxygens (including phenoxy) is 1. The second-order valence-corrected chi connectivity index (χ2v) is 9.16. The lowest BCUT2D eigenvalue weighted by molar-refractivity contribution is 0.172. The van der Waals surface area contributed by atoms with Crippen molar-refractivity contribution in [3.05, 3.63) is 53.0 Å². The molecule has 1 atom stereocenters. The lowest BCUT2D eigenvalue weighted by Crippen LogP contribution is -2.28. The number of benzene rings is 1. The molecule has 1 aliphatic heterocycles. The van der Waals surface area contributed by atoms with Crippen molar-refractivity contribution in [3.63, 3.8) is 0 Å². The summed E-state index contributed by atoms with van der Waals surface area (Å²) in [5.74, 6) is 0. The number of hydrogen-bond donors (Lipinski definition) is 1. The molecule has 1 aromatic carbocycles. The number of anilines is 2. The van der Waals surface area contributed by atoms with E-state index >= 15 is 0 Å². The molecule has 29 heavy (non-hydrogen) atoms. The van der Waals surface area contributed by atoms with Gasteiger partial charge in [0.15, 0.2) is 0 Å². The number of fused-ring (bicyclic) bond motifs is 2. The highest BCUT2D eigenvalue weighted by atomic mass is 32.1. The van der Waals surface area contributed by atoms with Crippen LogP contribution >= 0.6 is 22.7 Å². The first kappa shape index (κ1) is 18.7. The summed E-state index contributed by atoms with van der Waals surface area (Å²) in [4.78, 5) is 13.8. The predicted octanol–water partition coefficient (Wildman–Crippen LogP) is 5.38. The van der Waals surface area contributed by atoms with Gasteiger partial charge in [0.25, 0.3) is 0 Å². The maximum atomic E-state index is 5.33. The average Bonchev–Trinajstić information content (AvgIpc) is 3.44. The van der Waals surface area contributed by atoms with Gasteiger partial charge in [-0.1, -0.05) is 6.08 Å². The molecule has 1 N–H and O–H groups in total. The Morgan fingerprint density at radius 3 is 3.07 bits per heavy atom. The molecule has 7 heteroatoms. The standard InChI is InChI=1S/C22H22N4OS2/c1-26-9-6-15(19(26)7-10-27-2)21-12-16-17(5-8-23-22(16)29-21)25-14-3-4-20-18(11-14)24-13-28-20/h3-6,8,11-13,19H,7,9-10H2,1-2H3,(H,23,25). The monoisotopic (exact) mass is 422 g/mol. The fourth-order valence-corrected chi connectivity index (χ4v) is 5.67. The number of thiazole rings is 1. The van der Waals surface area contributed by atoms with E-state index in [2.05, 4.69) is 57.6 Å². The van der Waals surface area contributed by atoms with Crippen molar-refractivity contribution in [3.8, 4) is 0 Å². The summed E-state index contributed by atoms with van der Waals surface area (Å²) in [5.41, 5.74) is 6.42. The van der Waals surface area contributed by atoms with Crippen LogP contribution in [0.15, 0.2) is 48.1 Å². The van der Waals surface area contributed by atoms with Crippen LogP contribution in [0.5, 0.6) is 0 Å². The Bertz CT molecular complexity index is 1200. The van der Waals surface area contributed by atoms with E-state index in [4.69, 9.17) is 4.74 Å². The largest absolute Gasteiger partial charge is 0.385 e. The van der Waals surface area contributed by atoms with Crippen LogP contribution in [0.2, 0.25) is 0 Å². The quantitative estimate of drug-likeness (QED) is 0.452. The topological polar surface area (TPSA) is 50.3 Å². The summed E-state index contributed by atoms with van der Waals surface area (Å²) in [7, 11) is 3.94. The van der Waals surface area contributed by atoms with Gasteiger partial charge in [-0.15, -0.1) is 22.7 Å². The zero-order valence-corrected chi connectivity index (χ0v) is 18.0. The van der Waals surface area contributed by atoms with Crippen molar-refractivity contribution < 1.29 is 4.74 Å². The first-order valence-corrected chi connectivity index (χ1v) is 11.3. The molecular weight excluding hydrogens is 400 g/mol. The Labute approximate surface area is 177 Å². The van der Waals surface area contributed by atoms with Crippen molar-refractivity contribution in [2.24, 2.45) is 0 Å². The molecule has 0 fully saturated rings. The lowest BCUT2D eigenvalue weighted by atomic mass is 10.0. The molecule has 148 valence electrons. The normalized spacial score (nSPS) is 17.3. The van der Waals surface area contributed by atoms with E-state index in [0.29, 0.717) is 6.04 Å². The van der Waals surface area contributed by atoms with Crippen molar-refractivity contribution in [1.29, 1.82) is 0 Å². The molecule has 4 aromatic rings. The summed E-state index contributed by atoms with van der Waals surface area (Å²) < 4.78 is 6.53. The minimum absolute atomic E-state index is 0.395. The van der Waals surface area contributed by atoms with Gasteiger partial charge in [0, 0.05) is 48.5 Å². The van der Waals surface area contributed by atoms with E-state index in [-0.39, 0.29) is 0 Å². The Morgan fingerprint density at radius 2 is 2.17 bits per heavy atom. The predicted molar refractivity (Wildman–Crippen MR) is 123 cm³/mol. The molecule has 1 aliphatic rings. The third-order valence-corrected chi connectivity index (χ3v) is 7.32. The first-order chi connectivity index (χ1) is 14.2. The highest BCUT2D eigenvalue weighted by molar-refractivity contribution is 7.19. The molecule has 4 heterocycles. The van der Waals surface area contributed by atoms with Crippen LogP contribution in [-0.2, 0) is 4.74 Å². The Kier molecular flexibility index (Phi) is 5.05. The number of likely N-dealkylation sites (N-methyl/N-ethyl adjacent to an activating group) is 1. The maximum absolute atomic E-state index is 5.33. The summed E-state index contributed by atoms with van der Waals surface area (Å²) >= 11 is 3.43. The van der Waals surface area contributed by atoms with Gasteiger partial charge in [0.2, 0.25) is 0 Å². The number of nitrogens with one attached hydrogen (secondary N) is 1. The number of aromatic nitrogens is 2. The van der Waals surface area contributed by atoms with Gasteiger partial charge < -0.3 is 10.1 Å². The number of hydrogen-bond acceptors (Lipinski definition) is 7. The molecule has 0 bridgehead atoms. The zero-order valence-electron chi connectivity index (χ0n) is 16.4. The zero-order chi connectivity index (χ0) is 19.8. The van der Waals surface area contributed by atoms with Gasteiger partial charge in [-0.05, 0) is 49.4 Å². The van der Waals surface area contributed by atoms with Gasteiger partial charge in [-0.2, -0.15) is 0 Å². The number of rotatable bonds is 6. The summed E-state index contributed by atoms with van der Waals surface area (Å²) in [6, 6.07) is 11.0. The van der Waals surface area contributed by atoms with Crippen molar-refractivity contribution in [2.75, 3.05) is 32.6 Å². The number of nitrogens with zero attached hydrogens (tertiary/aromatic N) is 3. The van der Waals surface area contributed by atoms with E-state index in [1.807, 2.05) is 17.8 Å². The van der Waals surface area contributed by atoms with Crippen LogP contribution in [0, 0.1) is 0 Å². The summed E-state index contributed by atoms with van der Waals surface area (Å²) in [6.07, 6.45) is 5.22. The van der Waals surface area contributed by atoms with E-state index < -0.39 is 0 Å². The number of methoxy groups -OCH3 is 1. The molecule has 1 unspecified atom stereocenters. The van der Waals surface area contributed by atoms with E-state index in [9.17, 15) is 0 Å². The third-order valence-electron chi connectivity index (χ3n) is 5.42. The SMILES string of the molecule is COCCC1C(c2cc3c(Nc4ccc5scnc5c4)ccnc3s2)=CCN1C. The highest BCUT2D eigenvalue weighted by Gasteiger charge is 2.26. The Morgan fingerprint density at radius 1 is 1.24 bits per heavy atom. The van der Waals surface area contributed by atoms with Crippen LogP contribution in [0.25, 0.3) is 26.0 Å². The van der Waals surface area contributed by atoms with Crippen LogP contribution in [-0.4, -0.2) is 48.2 Å². The van der Waals surface area contributed by atoms with E-state index in [1.54, 1.807) is 29.8 Å². The van der Waals surface area contributed by atoms with Gasteiger partial charge >= 0.3 is 0 Å². The van der Waals surface area contributed by atoms with Crippen LogP contribution in [0.4, 0.5) is 11.4 Å². The second kappa shape index (κ2) is 7.84. The van der Waals surface area contributed by atoms with Gasteiger partial charge in [-0.3, -0.25) is 4.90 Å². The molecule has 0 saturated heterocycles. The smallest absolute Gasteiger partial charge is 0.125 e. The Hall–Kier alpha value is -2.32. The maximum Gasteiger partial charge on any atom is 0.125 e. The third kappa shape index (κ3) is 3.55. The summed E-state index contributed by atoms with van der Waals surface area (Å²) in [6.45, 7) is 1.74. The van der Waals surface area contributed by atoms with Gasteiger partial charge in [-0.25, -0.2) is 9.97 Å². The fraction of sp³-hybridized carbons (Fsp3) is 0.273. The molecule has 5 rings (SSSR count). The average molecular weight is 423 g/mol. The molecule has 3 aromatic heterocycles. The summed E-state index contributed by atoms with van der Waals surface area (Å²) in [5, 5.41) is 4.73. The van der Waals surface area contributed by atoms with Crippen molar-refractivity contribution >= 4 is 60.1 Å². The van der Waals surface area contributed by atoms with Crippen LogP contribution in [0.3, 0.4) is 0 Å². The lowest BCUT2D eigenvalue weighted by Gasteiger charge is -2.22. The van der Waals surface area contributed by atoms with Crippen molar-refractivity contribution in [1.82, 2.24) is 14.9 Å². The highest BCUT2D eigenvalue weighted by Crippen LogP contribution is 2.39. The molecular formula is C22H22N4OS2. The van der Waals surface area contributed by atoms with E-state index in [1.165, 1.54) is 15.2 Å². The second-order valence-electron chi connectivity index (χ2n) is 7.24. The molecule has 5 nitrogen and oxygen atoms in total. The molecule has 0 aliphatic carbocycles. The van der Waals surface area contributed by atoms with Crippen LogP contribution in [0.1, 0.15) is 11.3 Å². The van der Waals surface area contributed by atoms with Gasteiger partial charge in [0.1, 0.15) is 4.83 Å². The Balaban J connectivity index is 1.48. The molecule has 0 saturated carbocycles. The molecule has 0 amide bonds. The molecule has 0 spiro atoms. The minimum atomic E-state index is 0.395. The van der Waals surface area contributed by atoms with E-state index in [0.717, 1.165) is 46.7 Å². The van der Waals surface area contributed by atoms with Crippen LogP contribution < -0.4 is 5.32 Å². The molecule has 0 radical (unpaired) electrons.